The van der Waals surface area contributed by atoms with Crippen LogP contribution in [0.25, 0.3) is 15.5 Å². The van der Waals surface area contributed by atoms with Gasteiger partial charge in [-0.1, -0.05) is 23.5 Å². The van der Waals surface area contributed by atoms with Crippen molar-refractivity contribution in [3.05, 3.63) is 30.1 Å². The summed E-state index contributed by atoms with van der Waals surface area (Å²) in [6, 6.07) is 7.06. The van der Waals surface area contributed by atoms with E-state index in [2.05, 4.69) is 15.3 Å². The Hall–Kier alpha value is -2.09. The number of alkyl halides is 2. The third-order valence-electron chi connectivity index (χ3n) is 2.34. The number of fused-ring (bicyclic) bond motifs is 1. The summed E-state index contributed by atoms with van der Waals surface area (Å²) in [6.07, 6.45) is -2.70. The Kier molecular flexibility index (Phi) is 2.44. The molecule has 0 aliphatic rings. The van der Waals surface area contributed by atoms with E-state index in [1.165, 1.54) is 11.3 Å². The number of nitrogens with two attached hydrogens (primary N) is 1. The molecular formula is C10H7F2N5S. The normalized spacial score (nSPS) is 11.5. The number of benzene rings is 1. The van der Waals surface area contributed by atoms with Crippen molar-refractivity contribution in [3.63, 3.8) is 0 Å². The third-order valence-corrected chi connectivity index (χ3v) is 3.29. The van der Waals surface area contributed by atoms with Crippen LogP contribution in [0, 0.1) is 0 Å². The quantitative estimate of drug-likeness (QED) is 0.724. The number of halogens is 2. The first kappa shape index (κ1) is 11.0. The van der Waals surface area contributed by atoms with Gasteiger partial charge in [-0.2, -0.15) is 9.61 Å². The Morgan fingerprint density at radius 2 is 2.11 bits per heavy atom. The fourth-order valence-electron chi connectivity index (χ4n) is 1.56. The lowest BCUT2D eigenvalue weighted by molar-refractivity contribution is 0.137. The first-order valence-corrected chi connectivity index (χ1v) is 5.83. The fraction of sp³-hybridized carbons (Fsp3) is 0.100. The second-order valence-corrected chi connectivity index (χ2v) is 4.54. The first-order chi connectivity index (χ1) is 8.65. The van der Waals surface area contributed by atoms with Crippen LogP contribution in [0.4, 0.5) is 14.5 Å². The topological polar surface area (TPSA) is 69.1 Å². The van der Waals surface area contributed by atoms with Crippen molar-refractivity contribution >= 4 is 22.0 Å². The summed E-state index contributed by atoms with van der Waals surface area (Å²) in [7, 11) is 0. The van der Waals surface area contributed by atoms with E-state index in [0.29, 0.717) is 15.7 Å². The second kappa shape index (κ2) is 3.98. The molecule has 92 valence electrons. The van der Waals surface area contributed by atoms with Crippen LogP contribution in [0.5, 0.6) is 0 Å². The lowest BCUT2D eigenvalue weighted by atomic mass is 10.2. The SMILES string of the molecule is Nc1cccc(-c2nn3c(C(F)F)nnc3s2)c1. The Labute approximate surface area is 104 Å². The number of rotatable bonds is 2. The summed E-state index contributed by atoms with van der Waals surface area (Å²) < 4.78 is 26.3. The summed E-state index contributed by atoms with van der Waals surface area (Å²) >= 11 is 1.19. The van der Waals surface area contributed by atoms with Gasteiger partial charge in [0.05, 0.1) is 0 Å². The zero-order valence-corrected chi connectivity index (χ0v) is 9.73. The van der Waals surface area contributed by atoms with E-state index in [9.17, 15) is 8.78 Å². The molecule has 0 bridgehead atoms. The maximum Gasteiger partial charge on any atom is 0.299 e. The highest BCUT2D eigenvalue weighted by Crippen LogP contribution is 2.28. The van der Waals surface area contributed by atoms with Gasteiger partial charge < -0.3 is 5.73 Å². The van der Waals surface area contributed by atoms with Crippen LogP contribution >= 0.6 is 11.3 Å². The highest BCUT2D eigenvalue weighted by molar-refractivity contribution is 7.19. The average Bonchev–Trinajstić information content (AvgIpc) is 2.87. The number of aromatic nitrogens is 4. The van der Waals surface area contributed by atoms with Gasteiger partial charge >= 0.3 is 0 Å². The van der Waals surface area contributed by atoms with Gasteiger partial charge in [0.2, 0.25) is 10.8 Å². The van der Waals surface area contributed by atoms with Gasteiger partial charge in [0, 0.05) is 11.3 Å². The highest BCUT2D eigenvalue weighted by Gasteiger charge is 2.19. The van der Waals surface area contributed by atoms with Crippen molar-refractivity contribution in [2.45, 2.75) is 6.43 Å². The molecule has 1 aromatic carbocycles. The van der Waals surface area contributed by atoms with Gasteiger partial charge in [-0.05, 0) is 12.1 Å². The van der Waals surface area contributed by atoms with E-state index in [1.807, 2.05) is 6.07 Å². The summed E-state index contributed by atoms with van der Waals surface area (Å²) in [5.74, 6) is -0.448. The molecule has 0 amide bonds. The van der Waals surface area contributed by atoms with Gasteiger partial charge in [-0.25, -0.2) is 8.78 Å². The van der Waals surface area contributed by atoms with Gasteiger partial charge in [-0.3, -0.25) is 0 Å². The largest absolute Gasteiger partial charge is 0.399 e. The van der Waals surface area contributed by atoms with E-state index >= 15 is 0 Å². The molecule has 0 spiro atoms. The van der Waals surface area contributed by atoms with Crippen LogP contribution in [0.15, 0.2) is 24.3 Å². The Morgan fingerprint density at radius 3 is 2.83 bits per heavy atom. The zero-order chi connectivity index (χ0) is 12.7. The van der Waals surface area contributed by atoms with Crippen molar-refractivity contribution in [2.24, 2.45) is 0 Å². The zero-order valence-electron chi connectivity index (χ0n) is 8.92. The molecule has 0 aliphatic heterocycles. The van der Waals surface area contributed by atoms with Gasteiger partial charge in [0.15, 0.2) is 0 Å². The summed E-state index contributed by atoms with van der Waals surface area (Å²) in [6.45, 7) is 0. The van der Waals surface area contributed by atoms with E-state index in [1.54, 1.807) is 18.2 Å². The average molecular weight is 267 g/mol. The molecule has 2 N–H and O–H groups in total. The monoisotopic (exact) mass is 267 g/mol. The van der Waals surface area contributed by atoms with E-state index in [-0.39, 0.29) is 0 Å². The molecule has 3 rings (SSSR count). The molecule has 18 heavy (non-hydrogen) atoms. The lowest BCUT2D eigenvalue weighted by Gasteiger charge is -1.97. The van der Waals surface area contributed by atoms with Gasteiger partial charge in [0.1, 0.15) is 5.01 Å². The maximum atomic E-state index is 12.6. The number of hydrogen-bond donors (Lipinski definition) is 1. The second-order valence-electron chi connectivity index (χ2n) is 3.59. The van der Waals surface area contributed by atoms with Crippen molar-refractivity contribution in [1.29, 1.82) is 0 Å². The predicted octanol–water partition coefficient (Wildman–Crippen LogP) is 2.37. The predicted molar refractivity (Wildman–Crippen MR) is 63.5 cm³/mol. The van der Waals surface area contributed by atoms with Crippen molar-refractivity contribution in [3.8, 4) is 10.6 Å². The minimum Gasteiger partial charge on any atom is -0.399 e. The molecule has 8 heteroatoms. The maximum absolute atomic E-state index is 12.6. The highest BCUT2D eigenvalue weighted by atomic mass is 32.1. The summed E-state index contributed by atoms with van der Waals surface area (Å²) in [5, 5.41) is 11.7. The van der Waals surface area contributed by atoms with E-state index in [4.69, 9.17) is 5.73 Å². The fourth-order valence-corrected chi connectivity index (χ4v) is 2.40. The molecule has 0 unspecified atom stereocenters. The molecule has 3 aromatic rings. The van der Waals surface area contributed by atoms with Crippen LogP contribution in [0.3, 0.4) is 0 Å². The molecule has 5 nitrogen and oxygen atoms in total. The Balaban J connectivity index is 2.14. The summed E-state index contributed by atoms with van der Waals surface area (Å²) in [5.41, 5.74) is 7.03. The molecule has 0 saturated heterocycles. The molecule has 2 aromatic heterocycles. The Morgan fingerprint density at radius 1 is 1.28 bits per heavy atom. The molecule has 0 atom stereocenters. The number of nitrogens with zero attached hydrogens (tertiary/aromatic N) is 4. The van der Waals surface area contributed by atoms with Gasteiger partial charge in [-0.15, -0.1) is 10.2 Å². The van der Waals surface area contributed by atoms with Crippen molar-refractivity contribution in [2.75, 3.05) is 5.73 Å². The minimum atomic E-state index is -2.70. The van der Waals surface area contributed by atoms with Crippen LogP contribution < -0.4 is 5.73 Å². The molecular weight excluding hydrogens is 260 g/mol. The Bertz CT molecular complexity index is 705. The van der Waals surface area contributed by atoms with Crippen molar-refractivity contribution in [1.82, 2.24) is 19.8 Å². The van der Waals surface area contributed by atoms with Crippen LogP contribution in [-0.2, 0) is 0 Å². The standard InChI is InChI=1S/C10H7F2N5S/c11-7(12)8-14-15-10-17(8)16-9(18-10)5-2-1-3-6(13)4-5/h1-4,7H,13H2. The van der Waals surface area contributed by atoms with E-state index in [0.717, 1.165) is 10.1 Å². The van der Waals surface area contributed by atoms with Crippen LogP contribution in [0.2, 0.25) is 0 Å². The molecule has 0 saturated carbocycles. The number of nitrogen functional groups attached to an aromatic ring is 1. The molecule has 2 heterocycles. The first-order valence-electron chi connectivity index (χ1n) is 5.01. The lowest BCUT2D eigenvalue weighted by Crippen LogP contribution is -1.96. The third kappa shape index (κ3) is 1.70. The molecule has 0 aliphatic carbocycles. The van der Waals surface area contributed by atoms with Crippen LogP contribution in [0.1, 0.15) is 12.2 Å². The van der Waals surface area contributed by atoms with Crippen molar-refractivity contribution < 1.29 is 8.78 Å². The minimum absolute atomic E-state index is 0.336. The number of hydrogen-bond acceptors (Lipinski definition) is 5. The van der Waals surface area contributed by atoms with E-state index < -0.39 is 12.2 Å². The number of anilines is 1. The smallest absolute Gasteiger partial charge is 0.299 e. The molecule has 0 radical (unpaired) electrons. The summed E-state index contributed by atoms with van der Waals surface area (Å²) in [4.78, 5) is 0.336. The molecule has 0 fully saturated rings. The van der Waals surface area contributed by atoms with Crippen LogP contribution in [-0.4, -0.2) is 19.8 Å². The van der Waals surface area contributed by atoms with Gasteiger partial charge in [0.25, 0.3) is 6.43 Å².